The van der Waals surface area contributed by atoms with Crippen LogP contribution in [0, 0.1) is 11.8 Å². The van der Waals surface area contributed by atoms with Crippen LogP contribution < -0.4 is 10.5 Å². The third kappa shape index (κ3) is 6.20. The van der Waals surface area contributed by atoms with Crippen LogP contribution in [-0.4, -0.2) is 25.8 Å². The van der Waals surface area contributed by atoms with Gasteiger partial charge in [0.05, 0.1) is 13.0 Å². The van der Waals surface area contributed by atoms with Crippen LogP contribution in [0.15, 0.2) is 59.0 Å². The summed E-state index contributed by atoms with van der Waals surface area (Å²) >= 11 is 0. The summed E-state index contributed by atoms with van der Waals surface area (Å²) in [6.07, 6.45) is 0.444. The van der Waals surface area contributed by atoms with Gasteiger partial charge >= 0.3 is 5.97 Å². The lowest BCUT2D eigenvalue weighted by atomic mass is 9.98. The van der Waals surface area contributed by atoms with Gasteiger partial charge in [-0.2, -0.15) is 4.39 Å². The van der Waals surface area contributed by atoms with Gasteiger partial charge in [0, 0.05) is 47.4 Å². The Morgan fingerprint density at radius 2 is 1.84 bits per heavy atom. The van der Waals surface area contributed by atoms with E-state index in [4.69, 9.17) is 24.4 Å². The first-order chi connectivity index (χ1) is 18.3. The zero-order valence-corrected chi connectivity index (χ0v) is 21.7. The third-order valence-corrected chi connectivity index (χ3v) is 6.24. The van der Waals surface area contributed by atoms with Gasteiger partial charge < -0.3 is 24.4 Å². The van der Waals surface area contributed by atoms with Crippen molar-refractivity contribution in [2.24, 2.45) is 5.73 Å². The lowest BCUT2D eigenvalue weighted by molar-refractivity contribution is -0.149. The maximum atomic E-state index is 15.2. The van der Waals surface area contributed by atoms with Gasteiger partial charge in [0.1, 0.15) is 29.9 Å². The van der Waals surface area contributed by atoms with Gasteiger partial charge in [0.25, 0.3) is 6.01 Å². The molecule has 0 aliphatic carbocycles. The third-order valence-electron chi connectivity index (χ3n) is 6.24. The molecule has 0 spiro atoms. The number of esters is 1. The molecule has 3 aromatic carbocycles. The van der Waals surface area contributed by atoms with Crippen molar-refractivity contribution in [3.05, 3.63) is 88.7 Å². The van der Waals surface area contributed by atoms with E-state index in [0.29, 0.717) is 40.0 Å². The highest BCUT2D eigenvalue weighted by Gasteiger charge is 2.18. The molecule has 200 valence electrons. The van der Waals surface area contributed by atoms with Gasteiger partial charge in [-0.15, -0.1) is 0 Å². The van der Waals surface area contributed by atoms with Crippen LogP contribution in [0.3, 0.4) is 0 Å². The average Bonchev–Trinajstić information content (AvgIpc) is 3.28. The second-order valence-corrected chi connectivity index (χ2v) is 9.11. The number of benzene rings is 3. The first-order valence-corrected chi connectivity index (χ1v) is 12.5. The number of carbonyl (C=O) groups excluding carboxylic acids is 1. The maximum Gasteiger partial charge on any atom is 0.310 e. The zero-order valence-electron chi connectivity index (χ0n) is 21.7. The molecule has 8 heteroatoms. The molecule has 1 atom stereocenters. The van der Waals surface area contributed by atoms with Crippen molar-refractivity contribution in [3.63, 3.8) is 0 Å². The monoisotopic (exact) mass is 523 g/mol. The summed E-state index contributed by atoms with van der Waals surface area (Å²) < 4.78 is 51.1. The molecule has 2 N–H and O–H groups in total. The number of fused-ring (bicyclic) bond motifs is 1. The molecule has 0 saturated heterocycles. The smallest absolute Gasteiger partial charge is 0.310 e. The number of halogens is 2. The molecular weight excluding hydrogens is 492 g/mol. The summed E-state index contributed by atoms with van der Waals surface area (Å²) in [5.41, 5.74) is 9.32. The van der Waals surface area contributed by atoms with E-state index in [2.05, 4.69) is 0 Å². The number of methoxy groups -OCH3 is 1. The normalized spacial score (nSPS) is 12.1. The summed E-state index contributed by atoms with van der Waals surface area (Å²) in [7, 11) is 1.55. The van der Waals surface area contributed by atoms with Crippen molar-refractivity contribution in [1.82, 2.24) is 0 Å². The van der Waals surface area contributed by atoms with Gasteiger partial charge in [-0.05, 0) is 42.7 Å². The van der Waals surface area contributed by atoms with Crippen LogP contribution in [0.5, 0.6) is 5.75 Å². The zero-order chi connectivity index (χ0) is 27.2. The van der Waals surface area contributed by atoms with Gasteiger partial charge in [-0.3, -0.25) is 4.79 Å². The van der Waals surface area contributed by atoms with Crippen LogP contribution in [0.1, 0.15) is 36.1 Å². The highest BCUT2D eigenvalue weighted by molar-refractivity contribution is 5.93. The number of ether oxygens (including phenoxy) is 3. The van der Waals surface area contributed by atoms with Crippen LogP contribution in [-0.2, 0) is 40.3 Å². The molecule has 0 aliphatic heterocycles. The number of aryl methyl sites for hydroxylation is 1. The number of rotatable bonds is 11. The molecule has 0 saturated carbocycles. The molecule has 0 fully saturated rings. The molecule has 4 rings (SSSR count). The van der Waals surface area contributed by atoms with E-state index < -0.39 is 17.8 Å². The number of carbonyl (C=O) groups is 1. The number of nitrogens with two attached hydrogens (primary N) is 1. The summed E-state index contributed by atoms with van der Waals surface area (Å²) in [6, 6.07) is 14.5. The van der Waals surface area contributed by atoms with E-state index in [1.165, 1.54) is 6.07 Å². The summed E-state index contributed by atoms with van der Waals surface area (Å²) in [5.74, 6) is -0.334. The van der Waals surface area contributed by atoms with Crippen LogP contribution in [0.4, 0.5) is 8.78 Å². The van der Waals surface area contributed by atoms with Gasteiger partial charge in [0.15, 0.2) is 0 Å². The lowest BCUT2D eigenvalue weighted by Gasteiger charge is -2.16. The molecule has 0 aliphatic rings. The number of furan rings is 1. The van der Waals surface area contributed by atoms with E-state index in [9.17, 15) is 9.18 Å². The Kier molecular flexibility index (Phi) is 8.76. The summed E-state index contributed by atoms with van der Waals surface area (Å²) in [4.78, 5) is 12.5. The molecule has 4 aromatic rings. The van der Waals surface area contributed by atoms with E-state index in [1.807, 2.05) is 25.1 Å². The van der Waals surface area contributed by atoms with Crippen molar-refractivity contribution < 1.29 is 32.2 Å². The Labute approximate surface area is 220 Å². The predicted molar refractivity (Wildman–Crippen MR) is 141 cm³/mol. The Balaban J connectivity index is 1.64. The Hall–Kier alpha value is -3.75. The quantitative estimate of drug-likeness (QED) is 0.239. The first-order valence-electron chi connectivity index (χ1n) is 12.5. The summed E-state index contributed by atoms with van der Waals surface area (Å²) in [5, 5.41) is 0.481. The fraction of sp³-hybridized carbons (Fsp3) is 0.300. The molecule has 6 nitrogen and oxygen atoms in total. The highest BCUT2D eigenvalue weighted by atomic mass is 19.1. The molecule has 1 aromatic heterocycles. The van der Waals surface area contributed by atoms with Crippen LogP contribution >= 0.6 is 0 Å². The molecule has 1 heterocycles. The number of hydrogen-bond donors (Lipinski definition) is 1. The molecule has 0 radical (unpaired) electrons. The minimum Gasteiger partial charge on any atom is -0.489 e. The lowest BCUT2D eigenvalue weighted by Crippen LogP contribution is -2.21. The van der Waals surface area contributed by atoms with Crippen molar-refractivity contribution in [1.29, 1.82) is 0 Å². The van der Waals surface area contributed by atoms with Gasteiger partial charge in [-0.25, -0.2) is 4.39 Å². The minimum atomic E-state index is -0.770. The molecule has 38 heavy (non-hydrogen) atoms. The SMILES string of the molecule is CCc1ccc(CC(=O)OC(C)COC)c(OCc2cc(-c3cccc(CN)c3F)c3oc(F)cc3c2)c1. The Morgan fingerprint density at radius 1 is 1.03 bits per heavy atom. The Bertz CT molecular complexity index is 1430. The van der Waals surface area contributed by atoms with E-state index >= 15 is 4.39 Å². The van der Waals surface area contributed by atoms with Crippen molar-refractivity contribution >= 4 is 16.9 Å². The Morgan fingerprint density at radius 3 is 2.58 bits per heavy atom. The standard InChI is InChI=1S/C30H31F2NO5/c1-4-19-8-9-21(14-28(34)37-18(2)16-35-3)26(12-19)36-17-20-10-23-13-27(31)38-30(23)25(11-20)24-7-5-6-22(15-33)29(24)32/h5-13,18H,4,14-17,33H2,1-3H3. The fourth-order valence-electron chi connectivity index (χ4n) is 4.36. The van der Waals surface area contributed by atoms with Gasteiger partial charge in [-0.1, -0.05) is 37.3 Å². The molecular formula is C30H31F2NO5. The predicted octanol–water partition coefficient (Wildman–Crippen LogP) is 6.10. The maximum absolute atomic E-state index is 15.2. The summed E-state index contributed by atoms with van der Waals surface area (Å²) in [6.45, 7) is 4.22. The molecule has 1 unspecified atom stereocenters. The van der Waals surface area contributed by atoms with Crippen LogP contribution in [0.2, 0.25) is 0 Å². The average molecular weight is 524 g/mol. The van der Waals surface area contributed by atoms with Crippen molar-refractivity contribution in [2.45, 2.75) is 45.9 Å². The molecule has 0 amide bonds. The second kappa shape index (κ2) is 12.2. The van der Waals surface area contributed by atoms with Crippen molar-refractivity contribution in [3.8, 4) is 16.9 Å². The largest absolute Gasteiger partial charge is 0.489 e. The van der Waals surface area contributed by atoms with Gasteiger partial charge in [0.2, 0.25) is 0 Å². The topological polar surface area (TPSA) is 83.9 Å². The minimum absolute atomic E-state index is 0.0291. The van der Waals surface area contributed by atoms with E-state index in [0.717, 1.165) is 12.0 Å². The second-order valence-electron chi connectivity index (χ2n) is 9.11. The highest BCUT2D eigenvalue weighted by Crippen LogP contribution is 2.35. The van der Waals surface area contributed by atoms with Crippen LogP contribution in [0.25, 0.3) is 22.1 Å². The fourth-order valence-corrected chi connectivity index (χ4v) is 4.36. The number of hydrogen-bond acceptors (Lipinski definition) is 6. The van der Waals surface area contributed by atoms with E-state index in [-0.39, 0.29) is 36.8 Å². The molecule has 0 bridgehead atoms. The van der Waals surface area contributed by atoms with E-state index in [1.54, 1.807) is 44.4 Å². The van der Waals surface area contributed by atoms with Crippen molar-refractivity contribution in [2.75, 3.05) is 13.7 Å². The first kappa shape index (κ1) is 27.3.